The van der Waals surface area contributed by atoms with Crippen molar-refractivity contribution in [3.63, 3.8) is 0 Å². The zero-order valence-corrected chi connectivity index (χ0v) is 33.3. The number of aromatic nitrogens is 3. The number of nitrogens with zero attached hydrogens (tertiary/aromatic N) is 5. The molecule has 4 atom stereocenters. The molecule has 2 unspecified atom stereocenters. The molecule has 18 heteroatoms. The first kappa shape index (κ1) is 43.1. The zero-order valence-electron chi connectivity index (χ0n) is 31.5. The molecule has 1 aromatic heterocycles. The first-order valence-corrected chi connectivity index (χ1v) is 21.6. The summed E-state index contributed by atoms with van der Waals surface area (Å²) in [5.41, 5.74) is 5.13. The number of fused-ring (bicyclic) bond motifs is 5. The van der Waals surface area contributed by atoms with E-state index < -0.39 is 28.7 Å². The number of para-hydroxylation sites is 1. The van der Waals surface area contributed by atoms with E-state index in [2.05, 4.69) is 15.6 Å². The first-order valence-electron chi connectivity index (χ1n) is 19.4. The Bertz CT molecular complexity index is 1830. The lowest BCUT2D eigenvalue weighted by molar-refractivity contribution is -0.133. The van der Waals surface area contributed by atoms with Crippen molar-refractivity contribution in [2.24, 2.45) is 0 Å². The predicted octanol–water partition coefficient (Wildman–Crippen LogP) is 5.55. The van der Waals surface area contributed by atoms with Crippen LogP contribution in [0.4, 0.5) is 5.69 Å². The van der Waals surface area contributed by atoms with Crippen LogP contribution in [0.1, 0.15) is 89.0 Å². The van der Waals surface area contributed by atoms with Crippen LogP contribution in [0.2, 0.25) is 0 Å². The minimum Gasteiger partial charge on any atom is -0.394 e. The molecule has 0 aliphatic carbocycles. The molecule has 3 amide bonds. The highest BCUT2D eigenvalue weighted by Crippen LogP contribution is 2.41. The number of hydrogen-bond acceptors (Lipinski definition) is 10. The van der Waals surface area contributed by atoms with Gasteiger partial charge in [-0.05, 0) is 50.2 Å². The number of aliphatic hydroxyl groups excluding tert-OH is 1. The fourth-order valence-corrected chi connectivity index (χ4v) is 8.04. The summed E-state index contributed by atoms with van der Waals surface area (Å²) in [7, 11) is -5.34. The number of amides is 3. The molecule has 2 aliphatic rings. The Balaban J connectivity index is 1.07. The molecule has 1 fully saturated rings. The SMILES string of the molecule is O=C(CCCCC(=O)N1Cc2ccccc2-c2c(nnn2CCCCCCO[P+](=O)O)-c2ccccc21)NCCCCCC(=O)N1C[C@H](O[P+](=O)O)C[C@H]1CO. The largest absolute Gasteiger partial charge is 0.695 e. The summed E-state index contributed by atoms with van der Waals surface area (Å²) in [6, 6.07) is 15.3. The second-order valence-electron chi connectivity index (χ2n) is 14.1. The van der Waals surface area contributed by atoms with E-state index in [0.29, 0.717) is 70.3 Å². The van der Waals surface area contributed by atoms with Crippen LogP contribution in [-0.4, -0.2) is 91.0 Å². The molecule has 2 aromatic carbocycles. The quantitative estimate of drug-likeness (QED) is 0.0726. The second kappa shape index (κ2) is 22.1. The van der Waals surface area contributed by atoms with E-state index in [9.17, 15) is 28.6 Å². The van der Waals surface area contributed by atoms with Gasteiger partial charge in [-0.3, -0.25) is 14.4 Å². The lowest BCUT2D eigenvalue weighted by Crippen LogP contribution is -2.37. The van der Waals surface area contributed by atoms with Crippen molar-refractivity contribution in [1.29, 1.82) is 0 Å². The van der Waals surface area contributed by atoms with Gasteiger partial charge in [-0.1, -0.05) is 66.9 Å². The number of carbonyl (C=O) groups excluding carboxylic acids is 3. The van der Waals surface area contributed by atoms with Crippen molar-refractivity contribution in [2.45, 2.75) is 109 Å². The monoisotopic (exact) mass is 814 g/mol. The van der Waals surface area contributed by atoms with E-state index in [1.165, 1.54) is 4.90 Å². The molecule has 0 saturated carbocycles. The van der Waals surface area contributed by atoms with Gasteiger partial charge in [0.05, 0.1) is 37.1 Å². The Morgan fingerprint density at radius 1 is 0.821 bits per heavy atom. The normalized spacial score (nSPS) is 16.7. The van der Waals surface area contributed by atoms with Crippen molar-refractivity contribution < 1.29 is 47.5 Å². The number of carbonyl (C=O) groups is 3. The van der Waals surface area contributed by atoms with E-state index in [0.717, 1.165) is 53.8 Å². The number of aryl methyl sites for hydroxylation is 1. The number of benzene rings is 2. The highest BCUT2D eigenvalue weighted by Gasteiger charge is 2.39. The van der Waals surface area contributed by atoms with E-state index in [-0.39, 0.29) is 50.3 Å². The van der Waals surface area contributed by atoms with E-state index in [1.54, 1.807) is 4.90 Å². The maximum atomic E-state index is 13.9. The molecule has 1 saturated heterocycles. The third-order valence-electron chi connectivity index (χ3n) is 10.1. The van der Waals surface area contributed by atoms with Gasteiger partial charge in [0.25, 0.3) is 0 Å². The van der Waals surface area contributed by atoms with Crippen LogP contribution < -0.4 is 10.2 Å². The maximum Gasteiger partial charge on any atom is 0.695 e. The van der Waals surface area contributed by atoms with E-state index >= 15 is 0 Å². The molecule has 0 spiro atoms. The number of unbranched alkanes of at least 4 members (excludes halogenated alkanes) is 6. The van der Waals surface area contributed by atoms with Gasteiger partial charge in [0.1, 0.15) is 18.4 Å². The van der Waals surface area contributed by atoms with Crippen molar-refractivity contribution in [1.82, 2.24) is 25.2 Å². The van der Waals surface area contributed by atoms with E-state index in [1.807, 2.05) is 53.2 Å². The van der Waals surface area contributed by atoms with E-state index in [4.69, 9.17) is 18.8 Å². The van der Waals surface area contributed by atoms with Crippen LogP contribution in [0.5, 0.6) is 0 Å². The fourth-order valence-electron chi connectivity index (χ4n) is 7.34. The molecule has 2 aliphatic heterocycles. The maximum absolute atomic E-state index is 13.9. The number of likely N-dealkylation sites (tertiary alicyclic amines) is 1. The molecule has 56 heavy (non-hydrogen) atoms. The van der Waals surface area contributed by atoms with Crippen molar-refractivity contribution >= 4 is 39.9 Å². The molecule has 3 heterocycles. The molecular formula is C38H52N6O10P2+2. The summed E-state index contributed by atoms with van der Waals surface area (Å²) in [5, 5.41) is 21.7. The number of rotatable bonds is 22. The molecule has 5 rings (SSSR count). The summed E-state index contributed by atoms with van der Waals surface area (Å²) < 4.78 is 33.3. The van der Waals surface area contributed by atoms with Gasteiger partial charge in [0, 0.05) is 59.0 Å². The molecule has 302 valence electrons. The summed E-state index contributed by atoms with van der Waals surface area (Å²) in [4.78, 5) is 60.2. The zero-order chi connectivity index (χ0) is 39.9. The minimum absolute atomic E-state index is 0.0427. The van der Waals surface area contributed by atoms with Crippen LogP contribution in [0.15, 0.2) is 48.5 Å². The fraction of sp³-hybridized carbons (Fsp3) is 0.553. The Kier molecular flexibility index (Phi) is 17.0. The van der Waals surface area contributed by atoms with Gasteiger partial charge in [0.2, 0.25) is 17.7 Å². The van der Waals surface area contributed by atoms with Gasteiger partial charge in [-0.15, -0.1) is 23.9 Å². The average molecular weight is 815 g/mol. The van der Waals surface area contributed by atoms with Gasteiger partial charge in [-0.2, -0.15) is 0 Å². The van der Waals surface area contributed by atoms with Crippen LogP contribution in [0.25, 0.3) is 22.5 Å². The third-order valence-corrected chi connectivity index (χ3v) is 11.0. The molecular weight excluding hydrogens is 762 g/mol. The Morgan fingerprint density at radius 3 is 2.30 bits per heavy atom. The Hall–Kier alpha value is -4.01. The standard InChI is InChI=1S/C38H50N6O10P2/c45-27-29-24-30(54-56(51)52)26-42(29)35(47)19-4-3-11-21-39-34(46)18-9-10-20-36(48)43-25-28-14-5-6-15-31(28)38-37(32-16-7-8-17-33(32)43)40-41-44(38)22-12-1-2-13-23-53-55(49)50/h5-8,14-17,29-30,45H,1-4,9-13,18-27H2,(H-2,39,46,49,50,51,52)/p+2/t29-,30+/m0/s1. The summed E-state index contributed by atoms with van der Waals surface area (Å²) in [6.45, 7) is 1.70. The second-order valence-corrected chi connectivity index (χ2v) is 15.5. The Morgan fingerprint density at radius 2 is 1.52 bits per heavy atom. The lowest BCUT2D eigenvalue weighted by atomic mass is 9.95. The third kappa shape index (κ3) is 12.2. The number of hydrogen-bond donors (Lipinski definition) is 4. The number of aliphatic hydroxyl groups is 1. The van der Waals surface area contributed by atoms with Gasteiger partial charge >= 0.3 is 16.5 Å². The first-order chi connectivity index (χ1) is 27.2. The topological polar surface area (TPSA) is 214 Å². The highest BCUT2D eigenvalue weighted by atomic mass is 31.1. The highest BCUT2D eigenvalue weighted by molar-refractivity contribution is 7.32. The van der Waals surface area contributed by atoms with Crippen LogP contribution >= 0.6 is 16.5 Å². The summed E-state index contributed by atoms with van der Waals surface area (Å²) in [5.74, 6) is -0.259. The van der Waals surface area contributed by atoms with Crippen molar-refractivity contribution in [3.8, 4) is 22.5 Å². The molecule has 0 bridgehead atoms. The van der Waals surface area contributed by atoms with Gasteiger partial charge < -0.3 is 20.2 Å². The molecule has 4 N–H and O–H groups in total. The minimum atomic E-state index is -2.77. The summed E-state index contributed by atoms with van der Waals surface area (Å²) in [6.07, 6.45) is 7.07. The smallest absolute Gasteiger partial charge is 0.394 e. The van der Waals surface area contributed by atoms with Gasteiger partial charge in [-0.25, -0.2) is 4.68 Å². The molecule has 16 nitrogen and oxygen atoms in total. The Labute approximate surface area is 328 Å². The number of anilines is 1. The van der Waals surface area contributed by atoms with Crippen LogP contribution in [0.3, 0.4) is 0 Å². The van der Waals surface area contributed by atoms with Crippen molar-refractivity contribution in [3.05, 3.63) is 54.1 Å². The summed E-state index contributed by atoms with van der Waals surface area (Å²) >= 11 is 0. The van der Waals surface area contributed by atoms with Crippen molar-refractivity contribution in [2.75, 3.05) is 31.2 Å². The molecule has 3 aromatic rings. The van der Waals surface area contributed by atoms with Crippen LogP contribution in [-0.2, 0) is 45.7 Å². The van der Waals surface area contributed by atoms with Crippen LogP contribution in [0, 0.1) is 0 Å². The lowest BCUT2D eigenvalue weighted by Gasteiger charge is -2.28. The van der Waals surface area contributed by atoms with Gasteiger partial charge in [0.15, 0.2) is 0 Å². The molecule has 0 radical (unpaired) electrons. The number of nitrogens with one attached hydrogen (secondary N) is 1. The predicted molar refractivity (Wildman–Crippen MR) is 208 cm³/mol. The average Bonchev–Trinajstić information content (AvgIpc) is 3.79.